The highest BCUT2D eigenvalue weighted by atomic mass is 16.5. The minimum Gasteiger partial charge on any atom is -0.490 e. The van der Waals surface area contributed by atoms with Crippen molar-refractivity contribution in [3.63, 3.8) is 0 Å². The molecule has 2 rings (SSSR count). The number of ether oxygens (including phenoxy) is 2. The van der Waals surface area contributed by atoms with Crippen molar-refractivity contribution in [3.8, 4) is 5.75 Å². The Balaban J connectivity index is 1.95. The molecule has 0 saturated carbocycles. The van der Waals surface area contributed by atoms with E-state index in [1.165, 1.54) is 7.11 Å². The number of benzene rings is 1. The van der Waals surface area contributed by atoms with Gasteiger partial charge in [-0.3, -0.25) is 4.79 Å². The number of hydrogen-bond donors (Lipinski definition) is 1. The summed E-state index contributed by atoms with van der Waals surface area (Å²) in [5.74, 6) is 0.609. The van der Waals surface area contributed by atoms with Crippen LogP contribution in [-0.4, -0.2) is 32.3 Å². The Morgan fingerprint density at radius 3 is 2.89 bits per heavy atom. The Kier molecular flexibility index (Phi) is 4.59. The summed E-state index contributed by atoms with van der Waals surface area (Å²) < 4.78 is 10.6. The maximum Gasteiger partial charge on any atom is 0.309 e. The van der Waals surface area contributed by atoms with E-state index in [-0.39, 0.29) is 12.1 Å². The Labute approximate surface area is 107 Å². The summed E-state index contributed by atoms with van der Waals surface area (Å²) in [7, 11) is 1.40. The van der Waals surface area contributed by atoms with Gasteiger partial charge in [-0.05, 0) is 43.6 Å². The number of rotatable bonds is 4. The van der Waals surface area contributed by atoms with Crippen molar-refractivity contribution >= 4 is 5.97 Å². The molecule has 0 unspecified atom stereocenters. The molecule has 0 spiro atoms. The average molecular weight is 249 g/mol. The van der Waals surface area contributed by atoms with Crippen molar-refractivity contribution in [1.29, 1.82) is 0 Å². The first-order valence-electron chi connectivity index (χ1n) is 6.31. The van der Waals surface area contributed by atoms with E-state index in [4.69, 9.17) is 4.74 Å². The van der Waals surface area contributed by atoms with Crippen LogP contribution in [0.2, 0.25) is 0 Å². The minimum absolute atomic E-state index is 0.228. The molecule has 18 heavy (non-hydrogen) atoms. The molecule has 98 valence electrons. The molecule has 1 aromatic rings. The van der Waals surface area contributed by atoms with E-state index in [0.29, 0.717) is 6.42 Å². The lowest BCUT2D eigenvalue weighted by Crippen LogP contribution is -2.34. The van der Waals surface area contributed by atoms with E-state index >= 15 is 0 Å². The van der Waals surface area contributed by atoms with Crippen LogP contribution in [-0.2, 0) is 16.0 Å². The Morgan fingerprint density at radius 1 is 1.39 bits per heavy atom. The second-order valence-electron chi connectivity index (χ2n) is 4.47. The molecular weight excluding hydrogens is 230 g/mol. The first-order valence-corrected chi connectivity index (χ1v) is 6.31. The fourth-order valence-electron chi connectivity index (χ4n) is 2.07. The van der Waals surface area contributed by atoms with Gasteiger partial charge in [0.15, 0.2) is 0 Å². The van der Waals surface area contributed by atoms with Gasteiger partial charge >= 0.3 is 5.97 Å². The number of nitrogens with one attached hydrogen (secondary N) is 1. The third-order valence-corrected chi connectivity index (χ3v) is 3.06. The van der Waals surface area contributed by atoms with Gasteiger partial charge in [0.1, 0.15) is 11.9 Å². The second-order valence-corrected chi connectivity index (χ2v) is 4.47. The van der Waals surface area contributed by atoms with E-state index < -0.39 is 0 Å². The predicted octanol–water partition coefficient (Wildman–Crippen LogP) is 1.53. The van der Waals surface area contributed by atoms with Gasteiger partial charge in [0.2, 0.25) is 0 Å². The maximum absolute atomic E-state index is 11.2. The molecule has 1 fully saturated rings. The molecule has 1 saturated heterocycles. The van der Waals surface area contributed by atoms with E-state index in [2.05, 4.69) is 10.1 Å². The van der Waals surface area contributed by atoms with Gasteiger partial charge < -0.3 is 14.8 Å². The summed E-state index contributed by atoms with van der Waals surface area (Å²) in [6.07, 6.45) is 2.63. The van der Waals surface area contributed by atoms with Crippen molar-refractivity contribution in [2.75, 3.05) is 20.2 Å². The third kappa shape index (κ3) is 3.74. The van der Waals surface area contributed by atoms with Gasteiger partial charge in [-0.15, -0.1) is 0 Å². The first kappa shape index (κ1) is 12.9. The number of esters is 1. The molecule has 1 heterocycles. The van der Waals surface area contributed by atoms with Crippen molar-refractivity contribution < 1.29 is 14.3 Å². The van der Waals surface area contributed by atoms with Gasteiger partial charge in [-0.2, -0.15) is 0 Å². The second kappa shape index (κ2) is 6.40. The number of hydrogen-bond acceptors (Lipinski definition) is 4. The van der Waals surface area contributed by atoms with E-state index in [9.17, 15) is 4.79 Å². The topological polar surface area (TPSA) is 47.6 Å². The van der Waals surface area contributed by atoms with Gasteiger partial charge in [0, 0.05) is 0 Å². The van der Waals surface area contributed by atoms with Crippen LogP contribution in [0.4, 0.5) is 0 Å². The minimum atomic E-state index is -0.228. The fraction of sp³-hybridized carbons (Fsp3) is 0.500. The molecule has 0 atom stereocenters. The van der Waals surface area contributed by atoms with Crippen LogP contribution < -0.4 is 10.1 Å². The van der Waals surface area contributed by atoms with Crippen molar-refractivity contribution in [2.24, 2.45) is 0 Å². The lowest BCUT2D eigenvalue weighted by molar-refractivity contribution is -0.139. The molecule has 4 nitrogen and oxygen atoms in total. The van der Waals surface area contributed by atoms with Gasteiger partial charge in [0.25, 0.3) is 0 Å². The Morgan fingerprint density at radius 2 is 2.17 bits per heavy atom. The highest BCUT2D eigenvalue weighted by Gasteiger charge is 2.14. The maximum atomic E-state index is 11.2. The first-order chi connectivity index (χ1) is 8.78. The summed E-state index contributed by atoms with van der Waals surface area (Å²) in [5.41, 5.74) is 0.924. The van der Waals surface area contributed by atoms with Crippen LogP contribution in [0.5, 0.6) is 5.75 Å². The van der Waals surface area contributed by atoms with Crippen LogP contribution >= 0.6 is 0 Å². The zero-order valence-corrected chi connectivity index (χ0v) is 10.6. The molecule has 0 aliphatic carbocycles. The molecule has 0 bridgehead atoms. The van der Waals surface area contributed by atoms with Crippen LogP contribution in [0.25, 0.3) is 0 Å². The highest BCUT2D eigenvalue weighted by molar-refractivity contribution is 5.72. The van der Waals surface area contributed by atoms with E-state index in [1.807, 2.05) is 24.3 Å². The number of carbonyl (C=O) groups is 1. The molecule has 0 aromatic heterocycles. The molecule has 1 N–H and O–H groups in total. The standard InChI is InChI=1S/C14H19NO3/c1-17-14(16)10-11-3-2-4-13(9-11)18-12-5-7-15-8-6-12/h2-4,9,12,15H,5-8,10H2,1H3. The SMILES string of the molecule is COC(=O)Cc1cccc(OC2CCNCC2)c1. The molecule has 1 aliphatic heterocycles. The average Bonchev–Trinajstić information content (AvgIpc) is 2.40. The molecule has 1 aliphatic rings. The molecular formula is C14H19NO3. The number of methoxy groups -OCH3 is 1. The van der Waals surface area contributed by atoms with Crippen LogP contribution in [0.15, 0.2) is 24.3 Å². The molecule has 1 aromatic carbocycles. The Bertz CT molecular complexity index is 400. The van der Waals surface area contributed by atoms with Crippen molar-refractivity contribution in [2.45, 2.75) is 25.4 Å². The van der Waals surface area contributed by atoms with E-state index in [0.717, 1.165) is 37.2 Å². The summed E-state index contributed by atoms with van der Waals surface area (Å²) in [4.78, 5) is 11.2. The van der Waals surface area contributed by atoms with Crippen LogP contribution in [0.1, 0.15) is 18.4 Å². The lowest BCUT2D eigenvalue weighted by Gasteiger charge is -2.24. The van der Waals surface area contributed by atoms with Crippen LogP contribution in [0.3, 0.4) is 0 Å². The highest BCUT2D eigenvalue weighted by Crippen LogP contribution is 2.18. The predicted molar refractivity (Wildman–Crippen MR) is 68.7 cm³/mol. The van der Waals surface area contributed by atoms with Gasteiger partial charge in [-0.25, -0.2) is 0 Å². The molecule has 0 amide bonds. The lowest BCUT2D eigenvalue weighted by atomic mass is 10.1. The zero-order valence-electron chi connectivity index (χ0n) is 10.6. The van der Waals surface area contributed by atoms with Crippen molar-refractivity contribution in [3.05, 3.63) is 29.8 Å². The summed E-state index contributed by atoms with van der Waals surface area (Å²) in [6.45, 7) is 2.01. The Hall–Kier alpha value is -1.55. The summed E-state index contributed by atoms with van der Waals surface area (Å²) >= 11 is 0. The number of piperidine rings is 1. The quantitative estimate of drug-likeness (QED) is 0.822. The summed E-state index contributed by atoms with van der Waals surface area (Å²) in [5, 5.41) is 3.30. The zero-order chi connectivity index (χ0) is 12.8. The molecule has 0 radical (unpaired) electrons. The van der Waals surface area contributed by atoms with Crippen LogP contribution in [0, 0.1) is 0 Å². The summed E-state index contributed by atoms with van der Waals surface area (Å²) in [6, 6.07) is 7.67. The van der Waals surface area contributed by atoms with E-state index in [1.54, 1.807) is 0 Å². The molecule has 4 heteroatoms. The fourth-order valence-corrected chi connectivity index (χ4v) is 2.07. The van der Waals surface area contributed by atoms with Crippen molar-refractivity contribution in [1.82, 2.24) is 5.32 Å². The monoisotopic (exact) mass is 249 g/mol. The third-order valence-electron chi connectivity index (χ3n) is 3.06. The van der Waals surface area contributed by atoms with Gasteiger partial charge in [-0.1, -0.05) is 12.1 Å². The largest absolute Gasteiger partial charge is 0.490 e. The van der Waals surface area contributed by atoms with Gasteiger partial charge in [0.05, 0.1) is 13.5 Å². The smallest absolute Gasteiger partial charge is 0.309 e. The number of carbonyl (C=O) groups excluding carboxylic acids is 1. The normalized spacial score (nSPS) is 16.3.